The Morgan fingerprint density at radius 2 is 0.898 bits per heavy atom. The molecule has 0 atom stereocenters. The second-order valence-electron chi connectivity index (χ2n) is 12.5. The summed E-state index contributed by atoms with van der Waals surface area (Å²) in [6.07, 6.45) is 0. The van der Waals surface area contributed by atoms with Gasteiger partial charge in [-0.05, 0) is 89.5 Å². The maximum Gasteiger partial charge on any atom is 0.143 e. The minimum absolute atomic E-state index is 0.0875. The van der Waals surface area contributed by atoms with Gasteiger partial charge in [0, 0.05) is 16.3 Å². The van der Waals surface area contributed by atoms with Crippen molar-refractivity contribution in [3.8, 4) is 44.5 Å². The monoisotopic (exact) mass is 626 g/mol. The lowest BCUT2D eigenvalue weighted by atomic mass is 9.85. The van der Waals surface area contributed by atoms with E-state index in [-0.39, 0.29) is 35.3 Å². The average Bonchev–Trinajstić information content (AvgIpc) is 3.59. The van der Waals surface area contributed by atoms with E-state index in [2.05, 4.69) is 66.7 Å². The van der Waals surface area contributed by atoms with Crippen LogP contribution in [-0.4, -0.2) is 0 Å². The lowest BCUT2D eigenvalue weighted by Crippen LogP contribution is -1.90. The molecule has 10 aromatic rings. The molecule has 0 bridgehead atoms. The molecule has 0 saturated carbocycles. The van der Waals surface area contributed by atoms with Crippen LogP contribution in [0.3, 0.4) is 0 Å². The van der Waals surface area contributed by atoms with Crippen LogP contribution in [0.15, 0.2) is 186 Å². The van der Waals surface area contributed by atoms with E-state index in [0.717, 1.165) is 54.6 Å². The predicted molar refractivity (Wildman–Crippen MR) is 208 cm³/mol. The van der Waals surface area contributed by atoms with E-state index in [1.165, 1.54) is 10.8 Å². The van der Waals surface area contributed by atoms with Gasteiger partial charge in [-0.25, -0.2) is 0 Å². The molecule has 0 fully saturated rings. The Morgan fingerprint density at radius 3 is 1.61 bits per heavy atom. The van der Waals surface area contributed by atoms with Crippen molar-refractivity contribution in [3.05, 3.63) is 182 Å². The maximum absolute atomic E-state index is 9.50. The number of rotatable bonds is 4. The molecule has 0 saturated heterocycles. The first-order valence-corrected chi connectivity index (χ1v) is 16.5. The van der Waals surface area contributed by atoms with Crippen molar-refractivity contribution in [2.45, 2.75) is 0 Å². The van der Waals surface area contributed by atoms with Crippen LogP contribution >= 0.6 is 0 Å². The Hall–Kier alpha value is -6.44. The molecule has 0 aliphatic rings. The smallest absolute Gasteiger partial charge is 0.143 e. The first-order valence-electron chi connectivity index (χ1n) is 18.5. The van der Waals surface area contributed by atoms with Crippen molar-refractivity contribution in [2.24, 2.45) is 0 Å². The summed E-state index contributed by atoms with van der Waals surface area (Å²) < 4.78 is 44.4. The molecule has 228 valence electrons. The van der Waals surface area contributed by atoms with Gasteiger partial charge >= 0.3 is 0 Å². The molecule has 10 rings (SSSR count). The standard InChI is InChI=1S/C48H30O/c1-2-12-33(13-3-1)46-39-15-6-8-17-41(39)47(42-18-9-7-16-40(42)46)34-24-22-32(23-25-34)38-19-10-20-43-44-30-37(27-28-45(44)49-48(38)43)36-26-21-31-11-4-5-14-35(31)29-36/h1-30H/i22D,23D,24D,25D. The van der Waals surface area contributed by atoms with Crippen LogP contribution < -0.4 is 0 Å². The summed E-state index contributed by atoms with van der Waals surface area (Å²) in [6, 6.07) is 52.6. The third kappa shape index (κ3) is 4.47. The summed E-state index contributed by atoms with van der Waals surface area (Å²) in [5.74, 6) is 0. The highest BCUT2D eigenvalue weighted by atomic mass is 16.3. The molecule has 0 spiro atoms. The van der Waals surface area contributed by atoms with Crippen molar-refractivity contribution in [2.75, 3.05) is 0 Å². The number of benzene rings is 9. The van der Waals surface area contributed by atoms with E-state index >= 15 is 0 Å². The Labute approximate surface area is 289 Å². The van der Waals surface area contributed by atoms with Crippen LogP contribution in [-0.2, 0) is 0 Å². The van der Waals surface area contributed by atoms with Crippen molar-refractivity contribution in [1.82, 2.24) is 0 Å². The number of fused-ring (bicyclic) bond motifs is 6. The van der Waals surface area contributed by atoms with Crippen molar-refractivity contribution < 1.29 is 9.90 Å². The second kappa shape index (κ2) is 11.1. The van der Waals surface area contributed by atoms with Crippen LogP contribution in [0.25, 0.3) is 98.8 Å². The zero-order chi connectivity index (χ0) is 35.8. The first kappa shape index (κ1) is 23.8. The second-order valence-corrected chi connectivity index (χ2v) is 12.5. The molecule has 49 heavy (non-hydrogen) atoms. The molecule has 0 radical (unpaired) electrons. The van der Waals surface area contributed by atoms with E-state index < -0.39 is 0 Å². The molecule has 0 amide bonds. The Morgan fingerprint density at radius 1 is 0.347 bits per heavy atom. The van der Waals surface area contributed by atoms with Gasteiger partial charge in [-0.1, -0.05) is 164 Å². The van der Waals surface area contributed by atoms with Crippen LogP contribution in [0.2, 0.25) is 0 Å². The van der Waals surface area contributed by atoms with E-state index in [1.54, 1.807) is 0 Å². The van der Waals surface area contributed by atoms with Crippen LogP contribution in [0.4, 0.5) is 0 Å². The number of hydrogen-bond acceptors (Lipinski definition) is 1. The van der Waals surface area contributed by atoms with Gasteiger partial charge in [0.2, 0.25) is 0 Å². The van der Waals surface area contributed by atoms with Crippen molar-refractivity contribution >= 4 is 54.3 Å². The topological polar surface area (TPSA) is 13.1 Å². The molecule has 9 aromatic carbocycles. The number of para-hydroxylation sites is 1. The molecule has 1 heterocycles. The van der Waals surface area contributed by atoms with Gasteiger partial charge in [0.15, 0.2) is 0 Å². The molecular formula is C48H30O. The first-order chi connectivity index (χ1) is 26.0. The molecule has 1 nitrogen and oxygen atoms in total. The molecule has 1 heteroatoms. The van der Waals surface area contributed by atoms with Crippen LogP contribution in [0.1, 0.15) is 5.48 Å². The molecular weight excluding hydrogens is 593 g/mol. The largest absolute Gasteiger partial charge is 0.455 e. The Balaban J connectivity index is 1.18. The highest BCUT2D eigenvalue weighted by Crippen LogP contribution is 2.44. The number of furan rings is 1. The SMILES string of the molecule is [2H]c1c([2H])c(-c2cccc3c2oc2ccc(-c4ccc5ccccc5c4)cc23)c([2H])c([2H])c1-c1c2ccccc2c(-c2ccccc2)c2ccccc12. The summed E-state index contributed by atoms with van der Waals surface area (Å²) in [7, 11) is 0. The summed E-state index contributed by atoms with van der Waals surface area (Å²) in [6.45, 7) is 0. The van der Waals surface area contributed by atoms with Gasteiger partial charge in [-0.15, -0.1) is 0 Å². The van der Waals surface area contributed by atoms with Crippen molar-refractivity contribution in [3.63, 3.8) is 0 Å². The summed E-state index contributed by atoms with van der Waals surface area (Å²) in [5.41, 5.74) is 7.27. The summed E-state index contributed by atoms with van der Waals surface area (Å²) >= 11 is 0. The normalized spacial score (nSPS) is 12.8. The van der Waals surface area contributed by atoms with Crippen LogP contribution in [0.5, 0.6) is 0 Å². The maximum atomic E-state index is 9.50. The van der Waals surface area contributed by atoms with Gasteiger partial charge in [0.1, 0.15) is 11.2 Å². The quantitative estimate of drug-likeness (QED) is 0.177. The fourth-order valence-corrected chi connectivity index (χ4v) is 7.43. The minimum atomic E-state index is -0.105. The zero-order valence-electron chi connectivity index (χ0n) is 30.4. The summed E-state index contributed by atoms with van der Waals surface area (Å²) in [4.78, 5) is 0. The fourth-order valence-electron chi connectivity index (χ4n) is 7.43. The zero-order valence-corrected chi connectivity index (χ0v) is 26.4. The van der Waals surface area contributed by atoms with E-state index in [4.69, 9.17) is 4.42 Å². The lowest BCUT2D eigenvalue weighted by molar-refractivity contribution is 0.670. The average molecular weight is 627 g/mol. The number of hydrogen-bond donors (Lipinski definition) is 0. The lowest BCUT2D eigenvalue weighted by Gasteiger charge is -2.18. The van der Waals surface area contributed by atoms with E-state index in [0.29, 0.717) is 22.3 Å². The van der Waals surface area contributed by atoms with Gasteiger partial charge in [0.25, 0.3) is 0 Å². The Bertz CT molecular complexity index is 3020. The molecule has 0 unspecified atom stereocenters. The van der Waals surface area contributed by atoms with E-state index in [9.17, 15) is 5.48 Å². The highest BCUT2D eigenvalue weighted by molar-refractivity contribution is 6.21. The summed E-state index contributed by atoms with van der Waals surface area (Å²) in [5, 5.41) is 7.87. The molecule has 0 N–H and O–H groups in total. The van der Waals surface area contributed by atoms with Crippen molar-refractivity contribution in [1.29, 1.82) is 0 Å². The van der Waals surface area contributed by atoms with E-state index in [1.807, 2.05) is 91.0 Å². The molecule has 1 aromatic heterocycles. The predicted octanol–water partition coefficient (Wildman–Crippen LogP) is 13.7. The molecule has 0 aliphatic heterocycles. The third-order valence-corrected chi connectivity index (χ3v) is 9.72. The van der Waals surface area contributed by atoms with Gasteiger partial charge in [-0.2, -0.15) is 0 Å². The Kier molecular flexibility index (Phi) is 5.38. The third-order valence-electron chi connectivity index (χ3n) is 9.72. The highest BCUT2D eigenvalue weighted by Gasteiger charge is 2.17. The van der Waals surface area contributed by atoms with Gasteiger partial charge in [0.05, 0.1) is 5.48 Å². The minimum Gasteiger partial charge on any atom is -0.455 e. The molecule has 0 aliphatic carbocycles. The van der Waals surface area contributed by atoms with Gasteiger partial charge in [-0.3, -0.25) is 0 Å². The van der Waals surface area contributed by atoms with Crippen LogP contribution in [0, 0.1) is 0 Å². The van der Waals surface area contributed by atoms with Gasteiger partial charge < -0.3 is 4.42 Å². The fraction of sp³-hybridized carbons (Fsp3) is 0.